The van der Waals surface area contributed by atoms with Crippen LogP contribution < -0.4 is 10.6 Å². The van der Waals surface area contributed by atoms with Gasteiger partial charge in [0.2, 0.25) is 0 Å². The molecule has 0 atom stereocenters. The summed E-state index contributed by atoms with van der Waals surface area (Å²) in [5.41, 5.74) is 1.70. The number of carbonyl (C=O) groups is 1. The van der Waals surface area contributed by atoms with Crippen LogP contribution in [0.2, 0.25) is 0 Å². The number of nitrogens with one attached hydrogen (secondary N) is 2. The van der Waals surface area contributed by atoms with E-state index in [0.717, 1.165) is 30.5 Å². The van der Waals surface area contributed by atoms with Crippen LogP contribution in [0.25, 0.3) is 0 Å². The number of hydrogen-bond donors (Lipinski definition) is 2. The van der Waals surface area contributed by atoms with E-state index in [1.54, 1.807) is 6.07 Å². The molecule has 5 heteroatoms. The highest BCUT2D eigenvalue weighted by Gasteiger charge is 2.30. The van der Waals surface area contributed by atoms with Crippen molar-refractivity contribution in [2.45, 2.75) is 38.0 Å². The first-order chi connectivity index (χ1) is 12.2. The second-order valence-electron chi connectivity index (χ2n) is 6.37. The molecule has 0 radical (unpaired) electrons. The summed E-state index contributed by atoms with van der Waals surface area (Å²) in [7, 11) is 0. The van der Waals surface area contributed by atoms with E-state index >= 15 is 0 Å². The zero-order valence-electron chi connectivity index (χ0n) is 14.1. The average Bonchev–Trinajstić information content (AvgIpc) is 2.60. The van der Waals surface area contributed by atoms with Gasteiger partial charge in [-0.3, -0.25) is 0 Å². The number of alkyl carbamates (subject to hydrolysis) is 1. The third-order valence-electron chi connectivity index (χ3n) is 4.46. The summed E-state index contributed by atoms with van der Waals surface area (Å²) in [6, 6.07) is 17.0. The van der Waals surface area contributed by atoms with Crippen molar-refractivity contribution >= 4 is 6.09 Å². The first-order valence-corrected chi connectivity index (χ1v) is 8.64. The molecule has 0 aromatic heterocycles. The summed E-state index contributed by atoms with van der Waals surface area (Å²) in [6.07, 6.45) is 2.04. The molecule has 4 nitrogen and oxygen atoms in total. The monoisotopic (exact) mass is 342 g/mol. The fourth-order valence-electron chi connectivity index (χ4n) is 2.95. The van der Waals surface area contributed by atoms with Gasteiger partial charge in [-0.25, -0.2) is 9.18 Å². The number of hydrogen-bond acceptors (Lipinski definition) is 3. The van der Waals surface area contributed by atoms with Crippen LogP contribution >= 0.6 is 0 Å². The minimum atomic E-state index is -0.376. The van der Waals surface area contributed by atoms with Gasteiger partial charge in [-0.1, -0.05) is 48.5 Å². The predicted molar refractivity (Wildman–Crippen MR) is 94.7 cm³/mol. The van der Waals surface area contributed by atoms with Crippen LogP contribution in [0.3, 0.4) is 0 Å². The molecule has 0 saturated heterocycles. The van der Waals surface area contributed by atoms with Crippen LogP contribution in [-0.4, -0.2) is 24.7 Å². The molecule has 1 saturated carbocycles. The lowest BCUT2D eigenvalue weighted by Crippen LogP contribution is -2.52. The molecule has 1 fully saturated rings. The van der Waals surface area contributed by atoms with Crippen LogP contribution in [0.5, 0.6) is 0 Å². The quantitative estimate of drug-likeness (QED) is 0.811. The van der Waals surface area contributed by atoms with Crippen molar-refractivity contribution < 1.29 is 13.9 Å². The highest BCUT2D eigenvalue weighted by Crippen LogP contribution is 2.20. The minimum absolute atomic E-state index is 0.147. The van der Waals surface area contributed by atoms with Crippen molar-refractivity contribution in [1.82, 2.24) is 10.6 Å². The summed E-state index contributed by atoms with van der Waals surface area (Å²) in [5, 5.41) is 6.27. The molecule has 2 aromatic rings. The standard InChI is InChI=1S/C20H23FN2O2/c21-19-9-5-4-8-16(19)10-11-22-17-12-18(13-17)23-20(24)25-14-15-6-2-1-3-7-15/h1-9,17-18,22H,10-14H2,(H,23,24). The highest BCUT2D eigenvalue weighted by molar-refractivity contribution is 5.67. The molecular formula is C20H23FN2O2. The molecule has 2 N–H and O–H groups in total. The van der Waals surface area contributed by atoms with E-state index < -0.39 is 0 Å². The second-order valence-corrected chi connectivity index (χ2v) is 6.37. The molecule has 0 heterocycles. The first-order valence-electron chi connectivity index (χ1n) is 8.64. The van der Waals surface area contributed by atoms with E-state index in [-0.39, 0.29) is 24.6 Å². The van der Waals surface area contributed by atoms with E-state index in [0.29, 0.717) is 12.5 Å². The largest absolute Gasteiger partial charge is 0.445 e. The minimum Gasteiger partial charge on any atom is -0.445 e. The van der Waals surface area contributed by atoms with Crippen molar-refractivity contribution in [2.24, 2.45) is 0 Å². The Morgan fingerprint density at radius 1 is 1.04 bits per heavy atom. The number of rotatable bonds is 7. The Morgan fingerprint density at radius 2 is 1.76 bits per heavy atom. The van der Waals surface area contributed by atoms with Crippen molar-refractivity contribution in [3.05, 3.63) is 71.5 Å². The summed E-state index contributed by atoms with van der Waals surface area (Å²) in [5.74, 6) is -0.154. The average molecular weight is 342 g/mol. The normalized spacial score (nSPS) is 19.1. The first kappa shape index (κ1) is 17.4. The van der Waals surface area contributed by atoms with Gasteiger partial charge in [-0.05, 0) is 43.0 Å². The van der Waals surface area contributed by atoms with Crippen LogP contribution in [0.4, 0.5) is 9.18 Å². The summed E-state index contributed by atoms with van der Waals surface area (Å²) >= 11 is 0. The lowest BCUT2D eigenvalue weighted by molar-refractivity contribution is 0.125. The van der Waals surface area contributed by atoms with Gasteiger partial charge in [-0.15, -0.1) is 0 Å². The van der Waals surface area contributed by atoms with Gasteiger partial charge < -0.3 is 15.4 Å². The number of benzene rings is 2. The third-order valence-corrected chi connectivity index (χ3v) is 4.46. The molecular weight excluding hydrogens is 319 g/mol. The lowest BCUT2D eigenvalue weighted by atomic mass is 9.87. The Kier molecular flexibility index (Phi) is 6.01. The molecule has 1 amide bonds. The molecule has 0 aliphatic heterocycles. The smallest absolute Gasteiger partial charge is 0.407 e. The number of ether oxygens (including phenoxy) is 1. The summed E-state index contributed by atoms with van der Waals surface area (Å²) in [4.78, 5) is 11.8. The van der Waals surface area contributed by atoms with E-state index in [4.69, 9.17) is 4.74 Å². The van der Waals surface area contributed by atoms with E-state index in [2.05, 4.69) is 10.6 Å². The fourth-order valence-corrected chi connectivity index (χ4v) is 2.95. The Morgan fingerprint density at radius 3 is 2.52 bits per heavy atom. The molecule has 0 spiro atoms. The Balaban J connectivity index is 1.28. The van der Waals surface area contributed by atoms with E-state index in [1.165, 1.54) is 6.07 Å². The van der Waals surface area contributed by atoms with Crippen LogP contribution in [0, 0.1) is 5.82 Å². The zero-order chi connectivity index (χ0) is 17.5. The van der Waals surface area contributed by atoms with Crippen molar-refractivity contribution in [1.29, 1.82) is 0 Å². The maximum atomic E-state index is 13.5. The van der Waals surface area contributed by atoms with Gasteiger partial charge >= 0.3 is 6.09 Å². The van der Waals surface area contributed by atoms with Crippen molar-refractivity contribution in [2.75, 3.05) is 6.54 Å². The number of halogens is 1. The van der Waals surface area contributed by atoms with Gasteiger partial charge in [0.1, 0.15) is 12.4 Å². The second kappa shape index (κ2) is 8.62. The third kappa shape index (κ3) is 5.29. The zero-order valence-corrected chi connectivity index (χ0v) is 14.1. The maximum Gasteiger partial charge on any atom is 0.407 e. The highest BCUT2D eigenvalue weighted by atomic mass is 19.1. The van der Waals surface area contributed by atoms with E-state index in [9.17, 15) is 9.18 Å². The van der Waals surface area contributed by atoms with E-state index in [1.807, 2.05) is 42.5 Å². The predicted octanol–water partition coefficient (Wildman–Crippen LogP) is 3.42. The molecule has 1 aliphatic carbocycles. The van der Waals surface area contributed by atoms with Gasteiger partial charge in [0.25, 0.3) is 0 Å². The topological polar surface area (TPSA) is 50.4 Å². The molecule has 3 rings (SSSR count). The fraction of sp³-hybridized carbons (Fsp3) is 0.350. The molecule has 0 bridgehead atoms. The van der Waals surface area contributed by atoms with Gasteiger partial charge in [0.15, 0.2) is 0 Å². The molecule has 0 unspecified atom stereocenters. The molecule has 25 heavy (non-hydrogen) atoms. The Labute approximate surface area is 147 Å². The number of amides is 1. The summed E-state index contributed by atoms with van der Waals surface area (Å²) in [6.45, 7) is 1.01. The van der Waals surface area contributed by atoms with Crippen molar-refractivity contribution in [3.8, 4) is 0 Å². The maximum absolute atomic E-state index is 13.5. The van der Waals surface area contributed by atoms with Gasteiger partial charge in [-0.2, -0.15) is 0 Å². The molecule has 2 aromatic carbocycles. The Bertz CT molecular complexity index is 687. The lowest BCUT2D eigenvalue weighted by Gasteiger charge is -2.36. The SMILES string of the molecule is O=C(NC1CC(NCCc2ccccc2F)C1)OCc1ccccc1. The summed E-state index contributed by atoms with van der Waals surface area (Å²) < 4.78 is 18.7. The van der Waals surface area contributed by atoms with Crippen LogP contribution in [0.15, 0.2) is 54.6 Å². The van der Waals surface area contributed by atoms with Gasteiger partial charge in [0, 0.05) is 12.1 Å². The van der Waals surface area contributed by atoms with Gasteiger partial charge in [0.05, 0.1) is 0 Å². The molecule has 1 aliphatic rings. The number of carbonyl (C=O) groups excluding carboxylic acids is 1. The van der Waals surface area contributed by atoms with Crippen LogP contribution in [0.1, 0.15) is 24.0 Å². The van der Waals surface area contributed by atoms with Crippen molar-refractivity contribution in [3.63, 3.8) is 0 Å². The van der Waals surface area contributed by atoms with Crippen LogP contribution in [-0.2, 0) is 17.8 Å². The Hall–Kier alpha value is -2.40. The molecule has 132 valence electrons.